The minimum Gasteiger partial charge on any atom is -0.478 e. The Morgan fingerprint density at radius 1 is 1.67 bits per heavy atom. The first kappa shape index (κ1) is 11.8. The van der Waals surface area contributed by atoms with Crippen LogP contribution in [0.4, 0.5) is 0 Å². The molecule has 1 rings (SSSR count). The Morgan fingerprint density at radius 2 is 2.33 bits per heavy atom. The second kappa shape index (κ2) is 4.98. The number of pyridine rings is 1. The van der Waals surface area contributed by atoms with Crippen molar-refractivity contribution in [1.29, 1.82) is 0 Å². The topological polar surface area (TPSA) is 59.4 Å². The Hall–Kier alpha value is -1.29. The number of rotatable bonds is 4. The van der Waals surface area contributed by atoms with Gasteiger partial charge < -0.3 is 9.84 Å². The van der Waals surface area contributed by atoms with Gasteiger partial charge >= 0.3 is 5.97 Å². The highest BCUT2D eigenvalue weighted by Gasteiger charge is 2.14. The molecule has 0 unspecified atom stereocenters. The fourth-order valence-electron chi connectivity index (χ4n) is 0.936. The Bertz CT molecular complexity index is 366. The van der Waals surface area contributed by atoms with Crippen molar-refractivity contribution in [1.82, 2.24) is 4.98 Å². The Labute approximate surface area is 92.8 Å². The van der Waals surface area contributed by atoms with Gasteiger partial charge in [-0.3, -0.25) is 0 Å². The zero-order valence-electron chi connectivity index (χ0n) is 8.53. The summed E-state index contributed by atoms with van der Waals surface area (Å²) in [6.45, 7) is 4.42. The molecule has 5 heteroatoms. The van der Waals surface area contributed by atoms with Gasteiger partial charge in [0.1, 0.15) is 5.02 Å². The number of hydrogen-bond acceptors (Lipinski definition) is 3. The summed E-state index contributed by atoms with van der Waals surface area (Å²) in [7, 11) is 0. The molecule has 0 bridgehead atoms. The molecular formula is C10H12ClNO3. The number of hydrogen-bond donors (Lipinski definition) is 1. The van der Waals surface area contributed by atoms with Crippen molar-refractivity contribution in [3.8, 4) is 5.88 Å². The second-order valence-corrected chi connectivity index (χ2v) is 3.87. The number of carboxylic acids is 1. The molecule has 1 heterocycles. The summed E-state index contributed by atoms with van der Waals surface area (Å²) in [4.78, 5) is 14.6. The molecule has 1 aromatic heterocycles. The van der Waals surface area contributed by atoms with E-state index >= 15 is 0 Å². The third-order valence-electron chi connectivity index (χ3n) is 1.64. The van der Waals surface area contributed by atoms with Crippen LogP contribution in [0.15, 0.2) is 12.3 Å². The van der Waals surface area contributed by atoms with E-state index < -0.39 is 5.97 Å². The number of aromatic carboxylic acids is 1. The van der Waals surface area contributed by atoms with E-state index in [9.17, 15) is 4.79 Å². The minimum absolute atomic E-state index is 0.00502. The molecule has 0 saturated heterocycles. The van der Waals surface area contributed by atoms with E-state index in [1.54, 1.807) is 0 Å². The minimum atomic E-state index is -1.09. The highest BCUT2D eigenvalue weighted by molar-refractivity contribution is 6.34. The molecule has 1 N–H and O–H groups in total. The lowest BCUT2D eigenvalue weighted by molar-refractivity contribution is 0.0696. The second-order valence-electron chi connectivity index (χ2n) is 3.49. The van der Waals surface area contributed by atoms with Gasteiger partial charge in [0.2, 0.25) is 5.88 Å². The number of aromatic nitrogens is 1. The maximum Gasteiger partial charge on any atom is 0.337 e. The molecule has 0 aliphatic heterocycles. The third-order valence-corrected chi connectivity index (χ3v) is 2.01. The largest absolute Gasteiger partial charge is 0.478 e. The van der Waals surface area contributed by atoms with E-state index in [2.05, 4.69) is 4.98 Å². The molecule has 1 aromatic rings. The predicted molar refractivity (Wildman–Crippen MR) is 56.5 cm³/mol. The van der Waals surface area contributed by atoms with Gasteiger partial charge in [-0.25, -0.2) is 9.78 Å². The van der Waals surface area contributed by atoms with Crippen LogP contribution in [-0.2, 0) is 0 Å². The van der Waals surface area contributed by atoms with Gasteiger partial charge in [0.25, 0.3) is 0 Å². The summed E-state index contributed by atoms with van der Waals surface area (Å²) in [6.07, 6.45) is 1.37. The van der Waals surface area contributed by atoms with Gasteiger partial charge in [-0.2, -0.15) is 0 Å². The molecular weight excluding hydrogens is 218 g/mol. The molecule has 0 amide bonds. The lowest BCUT2D eigenvalue weighted by Crippen LogP contribution is -2.07. The molecule has 82 valence electrons. The van der Waals surface area contributed by atoms with Crippen LogP contribution in [0.5, 0.6) is 5.88 Å². The van der Waals surface area contributed by atoms with E-state index in [1.807, 2.05) is 13.8 Å². The van der Waals surface area contributed by atoms with Gasteiger partial charge in [-0.05, 0) is 12.0 Å². The first-order chi connectivity index (χ1) is 7.02. The molecule has 0 spiro atoms. The van der Waals surface area contributed by atoms with Gasteiger partial charge in [-0.15, -0.1) is 0 Å². The monoisotopic (exact) mass is 229 g/mol. The smallest absolute Gasteiger partial charge is 0.337 e. The summed E-state index contributed by atoms with van der Waals surface area (Å²) in [6, 6.07) is 1.34. The van der Waals surface area contributed by atoms with Crippen molar-refractivity contribution < 1.29 is 14.6 Å². The van der Waals surface area contributed by atoms with Crippen molar-refractivity contribution in [3.63, 3.8) is 0 Å². The quantitative estimate of drug-likeness (QED) is 0.862. The molecule has 0 aromatic carbocycles. The molecule has 0 atom stereocenters. The lowest BCUT2D eigenvalue weighted by Gasteiger charge is -2.09. The van der Waals surface area contributed by atoms with Crippen LogP contribution in [0.1, 0.15) is 24.2 Å². The van der Waals surface area contributed by atoms with Crippen LogP contribution in [0, 0.1) is 5.92 Å². The molecule has 0 aliphatic carbocycles. The fraction of sp³-hybridized carbons (Fsp3) is 0.400. The first-order valence-electron chi connectivity index (χ1n) is 4.53. The van der Waals surface area contributed by atoms with E-state index in [0.29, 0.717) is 12.5 Å². The van der Waals surface area contributed by atoms with Crippen molar-refractivity contribution in [2.45, 2.75) is 13.8 Å². The zero-order valence-corrected chi connectivity index (χ0v) is 9.28. The van der Waals surface area contributed by atoms with E-state index in [-0.39, 0.29) is 16.5 Å². The average molecular weight is 230 g/mol. The van der Waals surface area contributed by atoms with Crippen LogP contribution >= 0.6 is 11.6 Å². The molecule has 0 saturated carbocycles. The van der Waals surface area contributed by atoms with E-state index in [0.717, 1.165) is 0 Å². The van der Waals surface area contributed by atoms with E-state index in [4.69, 9.17) is 21.4 Å². The Morgan fingerprint density at radius 3 is 2.87 bits per heavy atom. The van der Waals surface area contributed by atoms with Crippen molar-refractivity contribution in [3.05, 3.63) is 22.8 Å². The van der Waals surface area contributed by atoms with Crippen molar-refractivity contribution in [2.24, 2.45) is 5.92 Å². The number of halogens is 1. The third kappa shape index (κ3) is 3.09. The number of carbonyl (C=O) groups is 1. The zero-order chi connectivity index (χ0) is 11.4. The normalized spacial score (nSPS) is 10.4. The highest BCUT2D eigenvalue weighted by Crippen LogP contribution is 2.25. The van der Waals surface area contributed by atoms with Crippen LogP contribution in [0.3, 0.4) is 0 Å². The SMILES string of the molecule is CC(C)COc1nccc(C(=O)O)c1Cl. The summed E-state index contributed by atoms with van der Waals surface area (Å²) in [5, 5.41) is 8.85. The fourth-order valence-corrected chi connectivity index (χ4v) is 1.18. The predicted octanol–water partition coefficient (Wildman–Crippen LogP) is 2.47. The van der Waals surface area contributed by atoms with Gasteiger partial charge in [-0.1, -0.05) is 25.4 Å². The Kier molecular flexibility index (Phi) is 3.91. The number of nitrogens with zero attached hydrogens (tertiary/aromatic N) is 1. The average Bonchev–Trinajstić information content (AvgIpc) is 2.15. The maximum atomic E-state index is 10.7. The summed E-state index contributed by atoms with van der Waals surface area (Å²) >= 11 is 5.82. The number of carboxylic acid groups (broad SMARTS) is 1. The standard InChI is InChI=1S/C10H12ClNO3/c1-6(2)5-15-9-8(11)7(10(13)14)3-4-12-9/h3-4,6H,5H2,1-2H3,(H,13,14). The molecule has 4 nitrogen and oxygen atoms in total. The lowest BCUT2D eigenvalue weighted by atomic mass is 10.2. The van der Waals surface area contributed by atoms with E-state index in [1.165, 1.54) is 12.3 Å². The van der Waals surface area contributed by atoms with Crippen LogP contribution in [-0.4, -0.2) is 22.7 Å². The van der Waals surface area contributed by atoms with Gasteiger partial charge in [0, 0.05) is 6.20 Å². The molecule has 15 heavy (non-hydrogen) atoms. The van der Waals surface area contributed by atoms with Crippen molar-refractivity contribution >= 4 is 17.6 Å². The van der Waals surface area contributed by atoms with Crippen molar-refractivity contribution in [2.75, 3.05) is 6.61 Å². The van der Waals surface area contributed by atoms with Gasteiger partial charge in [0.15, 0.2) is 0 Å². The summed E-state index contributed by atoms with van der Waals surface area (Å²) in [5.41, 5.74) is 0.00502. The molecule has 0 radical (unpaired) electrons. The number of ether oxygens (including phenoxy) is 1. The van der Waals surface area contributed by atoms with Crippen LogP contribution < -0.4 is 4.74 Å². The summed E-state index contributed by atoms with van der Waals surface area (Å²) < 4.78 is 5.28. The van der Waals surface area contributed by atoms with Gasteiger partial charge in [0.05, 0.1) is 12.2 Å². The molecule has 0 aliphatic rings. The highest BCUT2D eigenvalue weighted by atomic mass is 35.5. The molecule has 0 fully saturated rings. The summed E-state index contributed by atoms with van der Waals surface area (Å²) in [5.74, 6) is -0.585. The van der Waals surface area contributed by atoms with Crippen LogP contribution in [0.25, 0.3) is 0 Å². The maximum absolute atomic E-state index is 10.7. The van der Waals surface area contributed by atoms with Crippen LogP contribution in [0.2, 0.25) is 5.02 Å². The first-order valence-corrected chi connectivity index (χ1v) is 4.90. The Balaban J connectivity index is 2.89.